The molecule has 0 unspecified atom stereocenters. The van der Waals surface area contributed by atoms with Crippen LogP contribution in [-0.2, 0) is 51.0 Å². The van der Waals surface area contributed by atoms with Gasteiger partial charge in [0.1, 0.15) is 11.5 Å². The van der Waals surface area contributed by atoms with Crippen molar-refractivity contribution in [3.8, 4) is 11.5 Å². The van der Waals surface area contributed by atoms with Crippen LogP contribution in [-0.4, -0.2) is 50.8 Å². The number of phenols is 2. The van der Waals surface area contributed by atoms with Crippen LogP contribution in [0, 0.1) is 0 Å². The number of phenolic OH excluding ortho intramolecular Hbond substituents is 2. The molecule has 35 heavy (non-hydrogen) atoms. The molecule has 12 heteroatoms. The van der Waals surface area contributed by atoms with Crippen LogP contribution in [0.25, 0.3) is 0 Å². The van der Waals surface area contributed by atoms with Gasteiger partial charge in [0, 0.05) is 61.8 Å². The van der Waals surface area contributed by atoms with Crippen molar-refractivity contribution in [3.63, 3.8) is 0 Å². The van der Waals surface area contributed by atoms with Crippen LogP contribution in [0.1, 0.15) is 33.4 Å². The van der Waals surface area contributed by atoms with Crippen LogP contribution in [0.5, 0.6) is 11.5 Å². The summed E-state index contributed by atoms with van der Waals surface area (Å²) in [6, 6.07) is 2.71. The molecule has 2 aromatic rings. The minimum Gasteiger partial charge on any atom is -0.507 e. The zero-order valence-corrected chi connectivity index (χ0v) is 19.4. The number of hydrogen-bond acceptors (Lipinski definition) is 6. The van der Waals surface area contributed by atoms with E-state index < -0.39 is 66.8 Å². The van der Waals surface area contributed by atoms with E-state index in [0.29, 0.717) is 24.3 Å². The molecule has 0 saturated heterocycles. The summed E-state index contributed by atoms with van der Waals surface area (Å²) >= 11 is 0. The van der Waals surface area contributed by atoms with Crippen LogP contribution in [0.15, 0.2) is 24.3 Å². The fourth-order valence-electron chi connectivity index (χ4n) is 3.70. The molecule has 0 radical (unpaired) electrons. The van der Waals surface area contributed by atoms with E-state index in [1.165, 1.54) is 28.4 Å². The SMILES string of the molecule is COCc1cc(C(F)(c2cc(COC)c(O)c(COC)c2)C(F)(F)C(F)(F)F)cc(COC)c1O. The highest BCUT2D eigenvalue weighted by Gasteiger charge is 2.72. The zero-order chi connectivity index (χ0) is 26.6. The fourth-order valence-corrected chi connectivity index (χ4v) is 3.70. The number of alkyl halides is 6. The number of rotatable bonds is 11. The van der Waals surface area contributed by atoms with Gasteiger partial charge < -0.3 is 29.2 Å². The molecule has 0 aliphatic carbocycles. The molecule has 2 aromatic carbocycles. The first-order valence-corrected chi connectivity index (χ1v) is 10.1. The monoisotopic (exact) mass is 512 g/mol. The Labute approximate surface area is 198 Å². The van der Waals surface area contributed by atoms with Gasteiger partial charge in [0.25, 0.3) is 0 Å². The Morgan fingerprint density at radius 3 is 1.03 bits per heavy atom. The van der Waals surface area contributed by atoms with E-state index in [1.54, 1.807) is 0 Å². The van der Waals surface area contributed by atoms with Gasteiger partial charge >= 0.3 is 12.1 Å². The molecule has 2 N–H and O–H groups in total. The molecule has 2 rings (SSSR count). The Morgan fingerprint density at radius 2 is 0.829 bits per heavy atom. The van der Waals surface area contributed by atoms with E-state index in [9.17, 15) is 23.4 Å². The second-order valence-electron chi connectivity index (χ2n) is 7.75. The molecular weight excluding hydrogens is 486 g/mol. The average Bonchev–Trinajstić information content (AvgIpc) is 2.78. The van der Waals surface area contributed by atoms with Gasteiger partial charge in [-0.05, 0) is 24.3 Å². The molecule has 196 valence electrons. The van der Waals surface area contributed by atoms with Crippen molar-refractivity contribution in [2.75, 3.05) is 28.4 Å². The van der Waals surface area contributed by atoms with E-state index in [0.717, 1.165) is 0 Å². The van der Waals surface area contributed by atoms with Gasteiger partial charge in [0.05, 0.1) is 26.4 Å². The predicted octanol–water partition coefficient (Wildman–Crippen LogP) is 5.09. The van der Waals surface area contributed by atoms with Crippen molar-refractivity contribution in [1.29, 1.82) is 0 Å². The van der Waals surface area contributed by atoms with Crippen molar-refractivity contribution >= 4 is 0 Å². The number of halogens is 6. The lowest BCUT2D eigenvalue weighted by atomic mass is 9.79. The van der Waals surface area contributed by atoms with Crippen LogP contribution in [0.2, 0.25) is 0 Å². The lowest BCUT2D eigenvalue weighted by Gasteiger charge is -2.36. The summed E-state index contributed by atoms with van der Waals surface area (Å²) in [7, 11) is 4.79. The van der Waals surface area contributed by atoms with Crippen molar-refractivity contribution in [3.05, 3.63) is 57.6 Å². The van der Waals surface area contributed by atoms with Crippen molar-refractivity contribution in [1.82, 2.24) is 0 Å². The molecule has 0 amide bonds. The lowest BCUT2D eigenvalue weighted by Crippen LogP contribution is -2.53. The fraction of sp³-hybridized carbons (Fsp3) is 0.478. The summed E-state index contributed by atoms with van der Waals surface area (Å²) in [4.78, 5) is 0. The first kappa shape index (κ1) is 28.7. The topological polar surface area (TPSA) is 77.4 Å². The Kier molecular flexibility index (Phi) is 9.04. The van der Waals surface area contributed by atoms with E-state index in [1.807, 2.05) is 0 Å². The summed E-state index contributed by atoms with van der Waals surface area (Å²) in [5.74, 6) is -6.95. The van der Waals surface area contributed by atoms with E-state index >= 15 is 13.2 Å². The first-order chi connectivity index (χ1) is 16.3. The molecule has 0 aliphatic heterocycles. The molecule has 0 fully saturated rings. The van der Waals surface area contributed by atoms with Crippen molar-refractivity contribution in [2.45, 2.75) is 44.2 Å². The second kappa shape index (κ2) is 11.0. The maximum atomic E-state index is 16.7. The van der Waals surface area contributed by atoms with Crippen molar-refractivity contribution in [2.24, 2.45) is 0 Å². The normalized spacial score (nSPS) is 12.9. The largest absolute Gasteiger partial charge is 0.507 e. The van der Waals surface area contributed by atoms with Crippen molar-refractivity contribution < 1.29 is 55.5 Å². The smallest absolute Gasteiger partial charge is 0.457 e. The van der Waals surface area contributed by atoms with Gasteiger partial charge in [0.2, 0.25) is 5.67 Å². The van der Waals surface area contributed by atoms with E-state index in [2.05, 4.69) is 0 Å². The second-order valence-corrected chi connectivity index (χ2v) is 7.75. The Hall–Kier alpha value is -2.54. The zero-order valence-electron chi connectivity index (χ0n) is 19.4. The molecule has 0 spiro atoms. The summed E-state index contributed by atoms with van der Waals surface area (Å²) in [6.07, 6.45) is -6.32. The van der Waals surface area contributed by atoms with Gasteiger partial charge in [-0.3, -0.25) is 0 Å². The summed E-state index contributed by atoms with van der Waals surface area (Å²) in [6.45, 7) is -1.65. The Bertz CT molecular complexity index is 905. The van der Waals surface area contributed by atoms with Crippen LogP contribution in [0.4, 0.5) is 26.3 Å². The quantitative estimate of drug-likeness (QED) is 0.409. The third kappa shape index (κ3) is 5.35. The molecule has 6 nitrogen and oxygen atoms in total. The van der Waals surface area contributed by atoms with Crippen LogP contribution in [0.3, 0.4) is 0 Å². The first-order valence-electron chi connectivity index (χ1n) is 10.1. The molecule has 0 aromatic heterocycles. The average molecular weight is 512 g/mol. The third-order valence-electron chi connectivity index (χ3n) is 5.32. The van der Waals surface area contributed by atoms with Gasteiger partial charge in [-0.15, -0.1) is 0 Å². The molecule has 0 saturated carbocycles. The highest BCUT2D eigenvalue weighted by molar-refractivity contribution is 5.53. The van der Waals surface area contributed by atoms with E-state index in [-0.39, 0.29) is 22.3 Å². The molecule has 0 bridgehead atoms. The molecular formula is C23H26F6O6. The molecule has 0 atom stereocenters. The number of methoxy groups -OCH3 is 4. The minimum atomic E-state index is -6.32. The van der Waals surface area contributed by atoms with Gasteiger partial charge in [-0.25, -0.2) is 4.39 Å². The van der Waals surface area contributed by atoms with Crippen LogP contribution >= 0.6 is 0 Å². The van der Waals surface area contributed by atoms with Gasteiger partial charge in [-0.2, -0.15) is 22.0 Å². The van der Waals surface area contributed by atoms with Gasteiger partial charge in [0.15, 0.2) is 0 Å². The van der Waals surface area contributed by atoms with E-state index in [4.69, 9.17) is 18.9 Å². The maximum Gasteiger partial charge on any atom is 0.457 e. The highest BCUT2D eigenvalue weighted by atomic mass is 19.4. The highest BCUT2D eigenvalue weighted by Crippen LogP contribution is 2.55. The summed E-state index contributed by atoms with van der Waals surface area (Å²) in [5.41, 5.74) is -7.63. The summed E-state index contributed by atoms with van der Waals surface area (Å²) < 4.78 is 107. The summed E-state index contributed by atoms with van der Waals surface area (Å²) in [5, 5.41) is 20.8. The standard InChI is InChI=1S/C23H26F6O6/c1-32-9-13-5-17(6-14(10-33-2)19(13)30)21(24,22(25,26)23(27,28)29)18-7-15(11-34-3)20(31)16(8-18)12-35-4/h5-8,30-31H,9-12H2,1-4H3. The number of benzene rings is 2. The molecule has 0 heterocycles. The lowest BCUT2D eigenvalue weighted by molar-refractivity contribution is -0.323. The Morgan fingerprint density at radius 1 is 0.571 bits per heavy atom. The van der Waals surface area contributed by atoms with Gasteiger partial charge in [-0.1, -0.05) is 0 Å². The minimum absolute atomic E-state index is 0.231. The predicted molar refractivity (Wildman–Crippen MR) is 112 cm³/mol. The Balaban J connectivity index is 3.02. The molecule has 0 aliphatic rings. The number of hydrogen-bond donors (Lipinski definition) is 2. The van der Waals surface area contributed by atoms with Crippen LogP contribution < -0.4 is 0 Å². The number of aromatic hydroxyl groups is 2. The maximum absolute atomic E-state index is 16.7. The number of ether oxygens (including phenoxy) is 4. The third-order valence-corrected chi connectivity index (χ3v) is 5.32.